The Morgan fingerprint density at radius 3 is 2.50 bits per heavy atom. The van der Waals surface area contributed by atoms with E-state index in [1.165, 1.54) is 14.0 Å². The second-order valence-corrected chi connectivity index (χ2v) is 4.97. The predicted octanol–water partition coefficient (Wildman–Crippen LogP) is 3.08. The molecule has 0 heterocycles. The van der Waals surface area contributed by atoms with Crippen molar-refractivity contribution in [3.05, 3.63) is 59.7 Å². The van der Waals surface area contributed by atoms with Gasteiger partial charge in [0.05, 0.1) is 18.4 Å². The van der Waals surface area contributed by atoms with Crippen LogP contribution in [0.25, 0.3) is 0 Å². The number of aliphatic carboxylic acids is 1. The maximum absolute atomic E-state index is 11.5. The van der Waals surface area contributed by atoms with Crippen molar-refractivity contribution >= 4 is 23.8 Å². The number of hydrogen-bond acceptors (Lipinski definition) is 5. The molecule has 6 nitrogen and oxygen atoms in total. The molecule has 0 saturated carbocycles. The zero-order valence-corrected chi connectivity index (χ0v) is 13.3. The van der Waals surface area contributed by atoms with Crippen LogP contribution in [-0.4, -0.2) is 36.5 Å². The molecule has 0 unspecified atom stereocenters. The molecule has 24 heavy (non-hydrogen) atoms. The van der Waals surface area contributed by atoms with E-state index in [0.717, 1.165) is 5.56 Å². The van der Waals surface area contributed by atoms with Gasteiger partial charge in [0.15, 0.2) is 6.10 Å². The van der Waals surface area contributed by atoms with Gasteiger partial charge < -0.3 is 14.6 Å². The highest BCUT2D eigenvalue weighted by Gasteiger charge is 2.11. The summed E-state index contributed by atoms with van der Waals surface area (Å²) in [6.07, 6.45) is 0.728. The number of aliphatic imine (C=N–C) groups is 1. The van der Waals surface area contributed by atoms with E-state index in [0.29, 0.717) is 17.0 Å². The molecule has 0 aliphatic rings. The summed E-state index contributed by atoms with van der Waals surface area (Å²) in [5.74, 6) is -0.970. The van der Waals surface area contributed by atoms with E-state index >= 15 is 0 Å². The zero-order valence-electron chi connectivity index (χ0n) is 13.3. The Hall–Kier alpha value is -3.15. The van der Waals surface area contributed by atoms with Crippen molar-refractivity contribution < 1.29 is 24.2 Å². The van der Waals surface area contributed by atoms with E-state index in [-0.39, 0.29) is 0 Å². The number of esters is 1. The number of methoxy groups -OCH3 is 1. The van der Waals surface area contributed by atoms with Gasteiger partial charge in [-0.1, -0.05) is 6.07 Å². The summed E-state index contributed by atoms with van der Waals surface area (Å²) in [5.41, 5.74) is 1.87. The number of carbonyl (C=O) groups is 2. The number of rotatable bonds is 6. The van der Waals surface area contributed by atoms with Crippen LogP contribution in [0, 0.1) is 0 Å². The van der Waals surface area contributed by atoms with Crippen LogP contribution in [-0.2, 0) is 9.53 Å². The highest BCUT2D eigenvalue weighted by molar-refractivity contribution is 5.90. The summed E-state index contributed by atoms with van der Waals surface area (Å²) in [6, 6.07) is 13.7. The first-order valence-corrected chi connectivity index (χ1v) is 7.21. The third kappa shape index (κ3) is 4.67. The number of carboxylic acid groups (broad SMARTS) is 1. The fraction of sp³-hybridized carbons (Fsp3) is 0.167. The summed E-state index contributed by atoms with van der Waals surface area (Å²) in [7, 11) is 1.33. The van der Waals surface area contributed by atoms with Gasteiger partial charge in [0.1, 0.15) is 5.75 Å². The number of benzene rings is 2. The Morgan fingerprint density at radius 1 is 1.17 bits per heavy atom. The van der Waals surface area contributed by atoms with Crippen LogP contribution >= 0.6 is 0 Å². The van der Waals surface area contributed by atoms with E-state index in [9.17, 15) is 9.59 Å². The quantitative estimate of drug-likeness (QED) is 0.651. The van der Waals surface area contributed by atoms with Crippen molar-refractivity contribution in [2.24, 2.45) is 4.99 Å². The lowest BCUT2D eigenvalue weighted by Crippen LogP contribution is -2.22. The molecule has 6 heteroatoms. The van der Waals surface area contributed by atoms with Crippen LogP contribution in [0.4, 0.5) is 5.69 Å². The molecule has 0 fully saturated rings. The molecule has 0 spiro atoms. The lowest BCUT2D eigenvalue weighted by molar-refractivity contribution is -0.144. The monoisotopic (exact) mass is 327 g/mol. The molecular weight excluding hydrogens is 310 g/mol. The van der Waals surface area contributed by atoms with Crippen molar-refractivity contribution in [3.63, 3.8) is 0 Å². The second-order valence-electron chi connectivity index (χ2n) is 4.97. The molecule has 0 aliphatic carbocycles. The topological polar surface area (TPSA) is 85.2 Å². The lowest BCUT2D eigenvalue weighted by atomic mass is 10.2. The fourth-order valence-corrected chi connectivity index (χ4v) is 1.87. The van der Waals surface area contributed by atoms with Crippen molar-refractivity contribution in [2.75, 3.05) is 7.11 Å². The third-order valence-corrected chi connectivity index (χ3v) is 3.17. The van der Waals surface area contributed by atoms with Crippen LogP contribution in [0.2, 0.25) is 0 Å². The van der Waals surface area contributed by atoms with E-state index in [2.05, 4.69) is 9.73 Å². The minimum absolute atomic E-state index is 0.416. The lowest BCUT2D eigenvalue weighted by Gasteiger charge is -2.09. The van der Waals surface area contributed by atoms with E-state index in [4.69, 9.17) is 9.84 Å². The van der Waals surface area contributed by atoms with Gasteiger partial charge in [-0.05, 0) is 55.0 Å². The van der Waals surface area contributed by atoms with Gasteiger partial charge in [0, 0.05) is 6.21 Å². The molecule has 2 rings (SSSR count). The average molecular weight is 327 g/mol. The van der Waals surface area contributed by atoms with Gasteiger partial charge in [-0.15, -0.1) is 0 Å². The minimum atomic E-state index is -1.02. The van der Waals surface area contributed by atoms with Gasteiger partial charge in [-0.3, -0.25) is 4.99 Å². The number of hydrogen-bond donors (Lipinski definition) is 1. The van der Waals surface area contributed by atoms with Gasteiger partial charge >= 0.3 is 11.9 Å². The molecular formula is C18H17NO5. The maximum atomic E-state index is 11.5. The van der Waals surface area contributed by atoms with E-state index < -0.39 is 18.0 Å². The van der Waals surface area contributed by atoms with Gasteiger partial charge in [0.2, 0.25) is 0 Å². The molecule has 0 aliphatic heterocycles. The zero-order chi connectivity index (χ0) is 17.5. The minimum Gasteiger partial charge on any atom is -0.479 e. The SMILES string of the molecule is COC(=O)c1cccc(N=Cc2ccc(O[C@@H](C)C(=O)O)cc2)c1. The van der Waals surface area contributed by atoms with Crippen LogP contribution < -0.4 is 4.74 Å². The summed E-state index contributed by atoms with van der Waals surface area (Å²) >= 11 is 0. The van der Waals surface area contributed by atoms with Crippen molar-refractivity contribution in [1.29, 1.82) is 0 Å². The number of nitrogens with zero attached hydrogens (tertiary/aromatic N) is 1. The predicted molar refractivity (Wildman–Crippen MR) is 89.2 cm³/mol. The standard InChI is InChI=1S/C18H17NO5/c1-12(17(20)21)24-16-8-6-13(7-9-16)11-19-15-5-3-4-14(10-15)18(22)23-2/h3-12H,1-2H3,(H,20,21)/t12-/m0/s1. The largest absolute Gasteiger partial charge is 0.479 e. The van der Waals surface area contributed by atoms with E-state index in [1.807, 2.05) is 0 Å². The van der Waals surface area contributed by atoms with Gasteiger partial charge in [-0.25, -0.2) is 9.59 Å². The van der Waals surface area contributed by atoms with Crippen molar-refractivity contribution in [2.45, 2.75) is 13.0 Å². The summed E-state index contributed by atoms with van der Waals surface area (Å²) in [4.78, 5) is 26.5. The molecule has 1 N–H and O–H groups in total. The number of ether oxygens (including phenoxy) is 2. The van der Waals surface area contributed by atoms with Crippen molar-refractivity contribution in [1.82, 2.24) is 0 Å². The second kappa shape index (κ2) is 7.92. The first-order chi connectivity index (χ1) is 11.5. The van der Waals surface area contributed by atoms with Gasteiger partial charge in [-0.2, -0.15) is 0 Å². The smallest absolute Gasteiger partial charge is 0.344 e. The van der Waals surface area contributed by atoms with Crippen LogP contribution in [0.5, 0.6) is 5.75 Å². The van der Waals surface area contributed by atoms with Crippen LogP contribution in [0.1, 0.15) is 22.8 Å². The average Bonchev–Trinajstić information content (AvgIpc) is 2.60. The van der Waals surface area contributed by atoms with E-state index in [1.54, 1.807) is 54.7 Å². The fourth-order valence-electron chi connectivity index (χ4n) is 1.87. The molecule has 2 aromatic carbocycles. The Kier molecular flexibility index (Phi) is 5.68. The number of carbonyl (C=O) groups excluding carboxylic acids is 1. The molecule has 0 amide bonds. The number of carboxylic acids is 1. The van der Waals surface area contributed by atoms with Crippen LogP contribution in [0.15, 0.2) is 53.5 Å². The van der Waals surface area contributed by atoms with Crippen molar-refractivity contribution in [3.8, 4) is 5.75 Å². The Bertz CT molecular complexity index is 752. The first-order valence-electron chi connectivity index (χ1n) is 7.21. The Balaban J connectivity index is 2.07. The Labute approximate surface area is 139 Å². The summed E-state index contributed by atoms with van der Waals surface area (Å²) < 4.78 is 9.92. The summed E-state index contributed by atoms with van der Waals surface area (Å²) in [6.45, 7) is 1.46. The normalized spacial score (nSPS) is 11.9. The maximum Gasteiger partial charge on any atom is 0.344 e. The molecule has 1 atom stereocenters. The molecule has 0 aromatic heterocycles. The van der Waals surface area contributed by atoms with Crippen LogP contribution in [0.3, 0.4) is 0 Å². The molecule has 0 radical (unpaired) electrons. The Morgan fingerprint density at radius 2 is 1.88 bits per heavy atom. The molecule has 0 bridgehead atoms. The molecule has 124 valence electrons. The first kappa shape index (κ1) is 17.2. The highest BCUT2D eigenvalue weighted by Crippen LogP contribution is 2.16. The molecule has 0 saturated heterocycles. The third-order valence-electron chi connectivity index (χ3n) is 3.17. The summed E-state index contributed by atoms with van der Waals surface area (Å²) in [5, 5.41) is 8.81. The highest BCUT2D eigenvalue weighted by atomic mass is 16.5. The van der Waals surface area contributed by atoms with Gasteiger partial charge in [0.25, 0.3) is 0 Å². The molecule has 2 aromatic rings.